The molecule has 0 unspecified atom stereocenters. The van der Waals surface area contributed by atoms with Gasteiger partial charge in [0.15, 0.2) is 11.5 Å². The molecule has 1 aliphatic heterocycles. The van der Waals surface area contributed by atoms with Crippen molar-refractivity contribution in [1.82, 2.24) is 5.32 Å². The Bertz CT molecular complexity index is 822. The number of rotatable bonds is 8. The van der Waals surface area contributed by atoms with Gasteiger partial charge in [0.2, 0.25) is 18.6 Å². The number of benzene rings is 2. The van der Waals surface area contributed by atoms with Crippen LogP contribution >= 0.6 is 0 Å². The number of carbonyl (C=O) groups is 2. The number of hydrogen-bond acceptors (Lipinski definition) is 5. The fourth-order valence-corrected chi connectivity index (χ4v) is 2.69. The van der Waals surface area contributed by atoms with Crippen LogP contribution in [0, 0.1) is 0 Å². The Hall–Kier alpha value is -3.22. The predicted octanol–water partition coefficient (Wildman–Crippen LogP) is 2.50. The van der Waals surface area contributed by atoms with Crippen molar-refractivity contribution in [3.05, 3.63) is 48.0 Å². The van der Waals surface area contributed by atoms with E-state index < -0.39 is 0 Å². The molecule has 1 heterocycles. The standard InChI is InChI=1S/C20H22N2O5/c1-25-16-4-2-3-14(11-16)5-8-19(23)21-10-9-20(24)22-15-6-7-17-18(12-15)27-13-26-17/h2-4,6-7,11-12H,5,8-10,13H2,1H3,(H,21,23)(H,22,24). The van der Waals surface area contributed by atoms with Gasteiger partial charge in [-0.05, 0) is 36.2 Å². The molecule has 27 heavy (non-hydrogen) atoms. The summed E-state index contributed by atoms with van der Waals surface area (Å²) in [5.74, 6) is 1.78. The monoisotopic (exact) mass is 370 g/mol. The Kier molecular flexibility index (Phi) is 6.14. The van der Waals surface area contributed by atoms with E-state index in [4.69, 9.17) is 14.2 Å². The van der Waals surface area contributed by atoms with Crippen LogP contribution in [0.5, 0.6) is 17.2 Å². The molecule has 0 aliphatic carbocycles. The molecule has 3 rings (SSSR count). The van der Waals surface area contributed by atoms with E-state index in [-0.39, 0.29) is 31.6 Å². The lowest BCUT2D eigenvalue weighted by atomic mass is 10.1. The quantitative estimate of drug-likeness (QED) is 0.746. The molecule has 2 aromatic carbocycles. The molecule has 142 valence electrons. The van der Waals surface area contributed by atoms with Crippen LogP contribution in [0.1, 0.15) is 18.4 Å². The molecule has 0 bridgehead atoms. The number of methoxy groups -OCH3 is 1. The first-order chi connectivity index (χ1) is 13.1. The summed E-state index contributed by atoms with van der Waals surface area (Å²) in [5.41, 5.74) is 1.67. The third-order valence-electron chi connectivity index (χ3n) is 4.11. The fraction of sp³-hybridized carbons (Fsp3) is 0.300. The zero-order valence-corrected chi connectivity index (χ0v) is 15.1. The molecule has 1 aliphatic rings. The Morgan fingerprint density at radius 1 is 1.04 bits per heavy atom. The van der Waals surface area contributed by atoms with Crippen molar-refractivity contribution >= 4 is 17.5 Å². The summed E-state index contributed by atoms with van der Waals surface area (Å²) in [6.45, 7) is 0.474. The number of fused-ring (bicyclic) bond motifs is 1. The van der Waals surface area contributed by atoms with Crippen LogP contribution in [0.4, 0.5) is 5.69 Å². The van der Waals surface area contributed by atoms with Crippen molar-refractivity contribution in [2.24, 2.45) is 0 Å². The van der Waals surface area contributed by atoms with Gasteiger partial charge in [0.1, 0.15) is 5.75 Å². The van der Waals surface area contributed by atoms with E-state index in [2.05, 4.69) is 10.6 Å². The van der Waals surface area contributed by atoms with Gasteiger partial charge < -0.3 is 24.8 Å². The van der Waals surface area contributed by atoms with E-state index in [1.54, 1.807) is 25.3 Å². The van der Waals surface area contributed by atoms with Crippen LogP contribution in [-0.4, -0.2) is 32.3 Å². The van der Waals surface area contributed by atoms with Gasteiger partial charge in [-0.2, -0.15) is 0 Å². The summed E-state index contributed by atoms with van der Waals surface area (Å²) in [6, 6.07) is 12.8. The van der Waals surface area contributed by atoms with Crippen molar-refractivity contribution in [1.29, 1.82) is 0 Å². The summed E-state index contributed by atoms with van der Waals surface area (Å²) in [4.78, 5) is 23.9. The molecule has 0 spiro atoms. The van der Waals surface area contributed by atoms with Crippen LogP contribution in [0.15, 0.2) is 42.5 Å². The molecule has 7 nitrogen and oxygen atoms in total. The maximum Gasteiger partial charge on any atom is 0.231 e. The maximum absolute atomic E-state index is 12.0. The second-order valence-corrected chi connectivity index (χ2v) is 6.07. The number of amides is 2. The number of aryl methyl sites for hydroxylation is 1. The summed E-state index contributed by atoms with van der Waals surface area (Å²) in [5, 5.41) is 5.54. The zero-order chi connectivity index (χ0) is 19.1. The van der Waals surface area contributed by atoms with Gasteiger partial charge in [-0.3, -0.25) is 9.59 Å². The minimum absolute atomic E-state index is 0.0892. The average Bonchev–Trinajstić information content (AvgIpc) is 3.14. The van der Waals surface area contributed by atoms with Crippen LogP contribution in [-0.2, 0) is 16.0 Å². The zero-order valence-electron chi connectivity index (χ0n) is 15.1. The molecule has 0 aromatic heterocycles. The number of nitrogens with one attached hydrogen (secondary N) is 2. The van der Waals surface area contributed by atoms with Crippen molar-refractivity contribution in [3.8, 4) is 17.2 Å². The van der Waals surface area contributed by atoms with E-state index in [1.807, 2.05) is 24.3 Å². The lowest BCUT2D eigenvalue weighted by molar-refractivity contribution is -0.121. The molecule has 0 fully saturated rings. The number of carbonyl (C=O) groups excluding carboxylic acids is 2. The highest BCUT2D eigenvalue weighted by atomic mass is 16.7. The lowest BCUT2D eigenvalue weighted by Gasteiger charge is -2.08. The molecule has 2 aromatic rings. The van der Waals surface area contributed by atoms with Gasteiger partial charge in [0, 0.05) is 31.1 Å². The van der Waals surface area contributed by atoms with Crippen LogP contribution in [0.25, 0.3) is 0 Å². The van der Waals surface area contributed by atoms with Crippen LogP contribution < -0.4 is 24.8 Å². The molecule has 0 radical (unpaired) electrons. The average molecular weight is 370 g/mol. The second kappa shape index (κ2) is 8.93. The summed E-state index contributed by atoms with van der Waals surface area (Å²) >= 11 is 0. The summed E-state index contributed by atoms with van der Waals surface area (Å²) < 4.78 is 15.7. The van der Waals surface area contributed by atoms with Gasteiger partial charge in [-0.25, -0.2) is 0 Å². The van der Waals surface area contributed by atoms with Gasteiger partial charge in [0.25, 0.3) is 0 Å². The Balaban J connectivity index is 1.36. The first-order valence-corrected chi connectivity index (χ1v) is 8.73. The summed E-state index contributed by atoms with van der Waals surface area (Å²) in [7, 11) is 1.61. The van der Waals surface area contributed by atoms with E-state index in [1.165, 1.54) is 0 Å². The van der Waals surface area contributed by atoms with E-state index in [0.717, 1.165) is 11.3 Å². The Morgan fingerprint density at radius 3 is 2.74 bits per heavy atom. The fourth-order valence-electron chi connectivity index (χ4n) is 2.69. The highest BCUT2D eigenvalue weighted by molar-refractivity contribution is 5.91. The Morgan fingerprint density at radius 2 is 1.89 bits per heavy atom. The molecule has 2 amide bonds. The molecular weight excluding hydrogens is 348 g/mol. The van der Waals surface area contributed by atoms with Gasteiger partial charge in [-0.1, -0.05) is 12.1 Å². The normalized spacial score (nSPS) is 11.7. The van der Waals surface area contributed by atoms with Crippen molar-refractivity contribution in [3.63, 3.8) is 0 Å². The minimum Gasteiger partial charge on any atom is -0.497 e. The van der Waals surface area contributed by atoms with Gasteiger partial charge >= 0.3 is 0 Å². The largest absolute Gasteiger partial charge is 0.497 e. The molecular formula is C20H22N2O5. The van der Waals surface area contributed by atoms with Crippen molar-refractivity contribution in [2.45, 2.75) is 19.3 Å². The Labute approximate surface area is 157 Å². The minimum atomic E-state index is -0.179. The van der Waals surface area contributed by atoms with Crippen molar-refractivity contribution in [2.75, 3.05) is 25.8 Å². The van der Waals surface area contributed by atoms with E-state index >= 15 is 0 Å². The number of ether oxygens (including phenoxy) is 3. The van der Waals surface area contributed by atoms with Crippen molar-refractivity contribution < 1.29 is 23.8 Å². The molecule has 0 saturated carbocycles. The molecule has 7 heteroatoms. The number of anilines is 1. The molecule has 0 saturated heterocycles. The van der Waals surface area contributed by atoms with Gasteiger partial charge in [-0.15, -0.1) is 0 Å². The first-order valence-electron chi connectivity index (χ1n) is 8.73. The predicted molar refractivity (Wildman–Crippen MR) is 100 cm³/mol. The van der Waals surface area contributed by atoms with E-state index in [9.17, 15) is 9.59 Å². The highest BCUT2D eigenvalue weighted by Gasteiger charge is 2.14. The van der Waals surface area contributed by atoms with Gasteiger partial charge in [0.05, 0.1) is 7.11 Å². The highest BCUT2D eigenvalue weighted by Crippen LogP contribution is 2.34. The van der Waals surface area contributed by atoms with Crippen LogP contribution in [0.3, 0.4) is 0 Å². The third kappa shape index (κ3) is 5.37. The second-order valence-electron chi connectivity index (χ2n) is 6.07. The number of hydrogen-bond donors (Lipinski definition) is 2. The molecule has 0 atom stereocenters. The van der Waals surface area contributed by atoms with Crippen LogP contribution in [0.2, 0.25) is 0 Å². The SMILES string of the molecule is COc1cccc(CCC(=O)NCCC(=O)Nc2ccc3c(c2)OCO3)c1. The van der Waals surface area contributed by atoms with E-state index in [0.29, 0.717) is 30.0 Å². The lowest BCUT2D eigenvalue weighted by Crippen LogP contribution is -2.27. The topological polar surface area (TPSA) is 85.9 Å². The molecule has 2 N–H and O–H groups in total. The smallest absolute Gasteiger partial charge is 0.231 e. The third-order valence-corrected chi connectivity index (χ3v) is 4.11. The first kappa shape index (κ1) is 18.6. The maximum atomic E-state index is 12.0. The summed E-state index contributed by atoms with van der Waals surface area (Å²) in [6.07, 6.45) is 1.17.